The Morgan fingerprint density at radius 1 is 1.13 bits per heavy atom. The van der Waals surface area contributed by atoms with Crippen molar-refractivity contribution >= 4 is 26.9 Å². The molecular weight excluding hydrogens is 400 g/mol. The first kappa shape index (κ1) is 24.4. The van der Waals surface area contributed by atoms with E-state index in [9.17, 15) is 13.2 Å². The van der Waals surface area contributed by atoms with E-state index in [2.05, 4.69) is 33.0 Å². The van der Waals surface area contributed by atoms with E-state index in [1.807, 2.05) is 0 Å². The van der Waals surface area contributed by atoms with Gasteiger partial charge in [0.2, 0.25) is 10.0 Å². The average molecular weight is 437 g/mol. The van der Waals surface area contributed by atoms with Crippen molar-refractivity contribution in [3.05, 3.63) is 29.5 Å². The molecule has 0 bridgehead atoms. The van der Waals surface area contributed by atoms with Gasteiger partial charge < -0.3 is 9.73 Å². The van der Waals surface area contributed by atoms with E-state index in [1.54, 1.807) is 29.4 Å². The van der Waals surface area contributed by atoms with Crippen LogP contribution >= 0.6 is 0 Å². The zero-order valence-electron chi connectivity index (χ0n) is 19.0. The Balaban J connectivity index is 2.32. The Labute approximate surface area is 181 Å². The molecule has 0 aliphatic heterocycles. The SMILES string of the molecule is CCCCN(CCCC)S(=O)(=O)c1ccc2oc(C(=O)NCCC(C)C)c(C)c2c1. The summed E-state index contributed by atoms with van der Waals surface area (Å²) in [6.07, 6.45) is 4.42. The molecule has 0 atom stereocenters. The van der Waals surface area contributed by atoms with Crippen LogP contribution in [0, 0.1) is 12.8 Å². The van der Waals surface area contributed by atoms with Gasteiger partial charge in [0.25, 0.3) is 5.91 Å². The quantitative estimate of drug-likeness (QED) is 0.501. The van der Waals surface area contributed by atoms with Crippen molar-refractivity contribution in [2.75, 3.05) is 19.6 Å². The molecule has 0 saturated carbocycles. The number of rotatable bonds is 12. The minimum Gasteiger partial charge on any atom is -0.451 e. The van der Waals surface area contributed by atoms with Gasteiger partial charge in [-0.05, 0) is 50.3 Å². The third-order valence-corrected chi connectivity index (χ3v) is 7.18. The summed E-state index contributed by atoms with van der Waals surface area (Å²) in [5.74, 6) is 0.483. The van der Waals surface area contributed by atoms with Crippen LogP contribution in [0.1, 0.15) is 75.9 Å². The van der Waals surface area contributed by atoms with E-state index < -0.39 is 10.0 Å². The highest BCUT2D eigenvalue weighted by atomic mass is 32.2. The largest absolute Gasteiger partial charge is 0.451 e. The van der Waals surface area contributed by atoms with E-state index in [-0.39, 0.29) is 16.6 Å². The molecule has 0 aliphatic rings. The molecule has 1 heterocycles. The van der Waals surface area contributed by atoms with Crippen molar-refractivity contribution < 1.29 is 17.6 Å². The summed E-state index contributed by atoms with van der Waals surface area (Å²) in [4.78, 5) is 12.8. The number of nitrogens with one attached hydrogen (secondary N) is 1. The van der Waals surface area contributed by atoms with Crippen LogP contribution in [-0.2, 0) is 10.0 Å². The summed E-state index contributed by atoms with van der Waals surface area (Å²) in [5, 5.41) is 3.55. The van der Waals surface area contributed by atoms with Gasteiger partial charge in [-0.25, -0.2) is 8.42 Å². The molecule has 0 unspecified atom stereocenters. The maximum absolute atomic E-state index is 13.3. The number of fused-ring (bicyclic) bond motifs is 1. The maximum atomic E-state index is 13.3. The standard InChI is InChI=1S/C23H36N2O4S/c1-6-8-14-25(15-9-7-2)30(27,28)19-10-11-21-20(16-19)18(5)22(29-21)23(26)24-13-12-17(3)4/h10-11,16-17H,6-9,12-15H2,1-5H3,(H,24,26). The van der Waals surface area contributed by atoms with Gasteiger partial charge in [-0.3, -0.25) is 4.79 Å². The highest BCUT2D eigenvalue weighted by molar-refractivity contribution is 7.89. The van der Waals surface area contributed by atoms with Gasteiger partial charge in [-0.15, -0.1) is 0 Å². The number of nitrogens with zero attached hydrogens (tertiary/aromatic N) is 1. The monoisotopic (exact) mass is 436 g/mol. The number of aryl methyl sites for hydroxylation is 1. The number of hydrogen-bond acceptors (Lipinski definition) is 4. The van der Waals surface area contributed by atoms with Crippen LogP contribution in [0.25, 0.3) is 11.0 Å². The fourth-order valence-corrected chi connectivity index (χ4v) is 4.85. The highest BCUT2D eigenvalue weighted by Crippen LogP contribution is 2.29. The Kier molecular flexibility index (Phi) is 8.92. The number of unbranched alkanes of at least 4 members (excludes halogenated alkanes) is 2. The van der Waals surface area contributed by atoms with Crippen LogP contribution in [0.2, 0.25) is 0 Å². The van der Waals surface area contributed by atoms with Crippen molar-refractivity contribution in [1.82, 2.24) is 9.62 Å². The third kappa shape index (κ3) is 5.85. The first-order valence-corrected chi connectivity index (χ1v) is 12.5. The summed E-state index contributed by atoms with van der Waals surface area (Å²) >= 11 is 0. The third-order valence-electron chi connectivity index (χ3n) is 5.28. The normalized spacial score (nSPS) is 12.2. The number of amides is 1. The van der Waals surface area contributed by atoms with Gasteiger partial charge >= 0.3 is 0 Å². The molecule has 0 saturated heterocycles. The molecule has 6 nitrogen and oxygen atoms in total. The van der Waals surface area contributed by atoms with E-state index in [4.69, 9.17) is 4.42 Å². The predicted octanol–water partition coefficient (Wildman–Crippen LogP) is 5.11. The lowest BCUT2D eigenvalue weighted by atomic mass is 10.1. The number of sulfonamides is 1. The van der Waals surface area contributed by atoms with E-state index in [0.29, 0.717) is 42.1 Å². The van der Waals surface area contributed by atoms with E-state index >= 15 is 0 Å². The number of benzene rings is 1. The molecule has 2 aromatic rings. The summed E-state index contributed by atoms with van der Waals surface area (Å²) in [7, 11) is -3.60. The minimum absolute atomic E-state index is 0.247. The molecule has 0 fully saturated rings. The number of carbonyl (C=O) groups is 1. The number of carbonyl (C=O) groups excluding carboxylic acids is 1. The molecule has 2 rings (SSSR count). The first-order chi connectivity index (χ1) is 14.2. The van der Waals surface area contributed by atoms with Crippen LogP contribution in [0.3, 0.4) is 0 Å². The Hall–Kier alpha value is -1.86. The molecule has 1 aromatic heterocycles. The maximum Gasteiger partial charge on any atom is 0.287 e. The molecule has 0 aliphatic carbocycles. The van der Waals surface area contributed by atoms with Crippen LogP contribution < -0.4 is 5.32 Å². The fourth-order valence-electron chi connectivity index (χ4n) is 3.30. The molecule has 0 radical (unpaired) electrons. The van der Waals surface area contributed by atoms with Crippen molar-refractivity contribution in [2.24, 2.45) is 5.92 Å². The molecular formula is C23H36N2O4S. The van der Waals surface area contributed by atoms with E-state index in [1.165, 1.54) is 0 Å². The van der Waals surface area contributed by atoms with Crippen LogP contribution in [-0.4, -0.2) is 38.3 Å². The van der Waals surface area contributed by atoms with Gasteiger partial charge in [0.05, 0.1) is 4.90 Å². The topological polar surface area (TPSA) is 79.6 Å². The molecule has 1 N–H and O–H groups in total. The van der Waals surface area contributed by atoms with Gasteiger partial charge in [0.1, 0.15) is 5.58 Å². The van der Waals surface area contributed by atoms with Crippen LogP contribution in [0.5, 0.6) is 0 Å². The lowest BCUT2D eigenvalue weighted by Gasteiger charge is -2.22. The van der Waals surface area contributed by atoms with E-state index in [0.717, 1.165) is 32.1 Å². The molecule has 1 aromatic carbocycles. The molecule has 1 amide bonds. The van der Waals surface area contributed by atoms with Crippen molar-refractivity contribution in [2.45, 2.75) is 71.6 Å². The van der Waals surface area contributed by atoms with Crippen molar-refractivity contribution in [3.63, 3.8) is 0 Å². The second kappa shape index (κ2) is 11.0. The summed E-state index contributed by atoms with van der Waals surface area (Å²) in [6, 6.07) is 4.86. The molecule has 30 heavy (non-hydrogen) atoms. The van der Waals surface area contributed by atoms with Crippen LogP contribution in [0.4, 0.5) is 0 Å². The predicted molar refractivity (Wildman–Crippen MR) is 121 cm³/mol. The number of furan rings is 1. The summed E-state index contributed by atoms with van der Waals surface area (Å²) < 4.78 is 33.9. The zero-order chi connectivity index (χ0) is 22.3. The Morgan fingerprint density at radius 3 is 2.33 bits per heavy atom. The summed E-state index contributed by atoms with van der Waals surface area (Å²) in [5.41, 5.74) is 1.19. The average Bonchev–Trinajstić information content (AvgIpc) is 3.03. The molecule has 168 valence electrons. The van der Waals surface area contributed by atoms with Gasteiger partial charge in [0, 0.05) is 30.6 Å². The second-order valence-electron chi connectivity index (χ2n) is 8.26. The summed E-state index contributed by atoms with van der Waals surface area (Å²) in [6.45, 7) is 11.7. The fraction of sp³-hybridized carbons (Fsp3) is 0.609. The molecule has 0 spiro atoms. The van der Waals surface area contributed by atoms with Crippen molar-refractivity contribution in [1.29, 1.82) is 0 Å². The van der Waals surface area contributed by atoms with Gasteiger partial charge in [0.15, 0.2) is 5.76 Å². The second-order valence-corrected chi connectivity index (χ2v) is 10.2. The molecule has 7 heteroatoms. The Morgan fingerprint density at radius 2 is 1.77 bits per heavy atom. The van der Waals surface area contributed by atoms with Gasteiger partial charge in [-0.1, -0.05) is 40.5 Å². The number of hydrogen-bond donors (Lipinski definition) is 1. The zero-order valence-corrected chi connectivity index (χ0v) is 19.8. The highest BCUT2D eigenvalue weighted by Gasteiger charge is 2.25. The lowest BCUT2D eigenvalue weighted by molar-refractivity contribution is 0.0925. The first-order valence-electron chi connectivity index (χ1n) is 11.0. The minimum atomic E-state index is -3.60. The van der Waals surface area contributed by atoms with Gasteiger partial charge in [-0.2, -0.15) is 4.31 Å². The van der Waals surface area contributed by atoms with Crippen LogP contribution in [0.15, 0.2) is 27.5 Å². The van der Waals surface area contributed by atoms with Crippen molar-refractivity contribution in [3.8, 4) is 0 Å². The lowest BCUT2D eigenvalue weighted by Crippen LogP contribution is -2.33. The Bertz CT molecular complexity index is 940. The smallest absolute Gasteiger partial charge is 0.287 e.